The van der Waals surface area contributed by atoms with E-state index in [4.69, 9.17) is 0 Å². The highest BCUT2D eigenvalue weighted by molar-refractivity contribution is 5.93. The standard InChI is InChI=1S/C12H17N3O4/c1-12(17)3-2-5-14(6-4-12)11(16)10-7-9(8-13-10)15(18)19/h7-8,13,17H,2-6H2,1H3. The molecule has 1 saturated heterocycles. The van der Waals surface area contributed by atoms with E-state index >= 15 is 0 Å². The first-order valence-corrected chi connectivity index (χ1v) is 6.23. The number of hydrogen-bond acceptors (Lipinski definition) is 4. The molecule has 0 saturated carbocycles. The van der Waals surface area contributed by atoms with Gasteiger partial charge < -0.3 is 15.0 Å². The Kier molecular flexibility index (Phi) is 3.57. The van der Waals surface area contributed by atoms with Crippen LogP contribution in [0.25, 0.3) is 0 Å². The molecule has 1 aliphatic heterocycles. The molecule has 0 spiro atoms. The summed E-state index contributed by atoms with van der Waals surface area (Å²) in [4.78, 5) is 26.5. The predicted molar refractivity (Wildman–Crippen MR) is 67.8 cm³/mol. The van der Waals surface area contributed by atoms with Gasteiger partial charge in [0.1, 0.15) is 5.69 Å². The van der Waals surface area contributed by atoms with Crippen LogP contribution in [-0.2, 0) is 0 Å². The number of aliphatic hydroxyl groups is 1. The van der Waals surface area contributed by atoms with Gasteiger partial charge in [-0.1, -0.05) is 0 Å². The Hall–Kier alpha value is -1.89. The number of aromatic amines is 1. The summed E-state index contributed by atoms with van der Waals surface area (Å²) in [6, 6.07) is 1.24. The van der Waals surface area contributed by atoms with Crippen LogP contribution in [0.1, 0.15) is 36.7 Å². The summed E-state index contributed by atoms with van der Waals surface area (Å²) in [5, 5.41) is 20.5. The first kappa shape index (κ1) is 13.5. The number of nitrogens with zero attached hydrogens (tertiary/aromatic N) is 2. The zero-order valence-electron chi connectivity index (χ0n) is 10.8. The predicted octanol–water partition coefficient (Wildman–Crippen LogP) is 1.30. The van der Waals surface area contributed by atoms with Crippen molar-refractivity contribution in [1.29, 1.82) is 0 Å². The number of aromatic nitrogens is 1. The fourth-order valence-corrected chi connectivity index (χ4v) is 2.25. The molecule has 1 amide bonds. The van der Waals surface area contributed by atoms with Crippen LogP contribution in [0.4, 0.5) is 5.69 Å². The second-order valence-corrected chi connectivity index (χ2v) is 5.17. The van der Waals surface area contributed by atoms with Gasteiger partial charge in [0, 0.05) is 19.2 Å². The molecule has 1 atom stereocenters. The quantitative estimate of drug-likeness (QED) is 0.623. The summed E-state index contributed by atoms with van der Waals surface area (Å²) < 4.78 is 0. The van der Waals surface area contributed by atoms with Crippen LogP contribution in [0.3, 0.4) is 0 Å². The van der Waals surface area contributed by atoms with Crippen molar-refractivity contribution in [1.82, 2.24) is 9.88 Å². The molecule has 0 aromatic carbocycles. The lowest BCUT2D eigenvalue weighted by Crippen LogP contribution is -2.33. The summed E-state index contributed by atoms with van der Waals surface area (Å²) in [6.45, 7) is 2.78. The van der Waals surface area contributed by atoms with Crippen LogP contribution in [0.5, 0.6) is 0 Å². The molecule has 7 heteroatoms. The number of amides is 1. The van der Waals surface area contributed by atoms with Gasteiger partial charge in [-0.25, -0.2) is 0 Å². The monoisotopic (exact) mass is 267 g/mol. The molecule has 0 radical (unpaired) electrons. The van der Waals surface area contributed by atoms with Crippen molar-refractivity contribution in [3.05, 3.63) is 28.1 Å². The number of likely N-dealkylation sites (tertiary alicyclic amines) is 1. The number of nitrogens with one attached hydrogen (secondary N) is 1. The Morgan fingerprint density at radius 2 is 2.26 bits per heavy atom. The Bertz CT molecular complexity index is 495. The fraction of sp³-hybridized carbons (Fsp3) is 0.583. The summed E-state index contributed by atoms with van der Waals surface area (Å²) in [7, 11) is 0. The molecule has 1 aliphatic rings. The van der Waals surface area contributed by atoms with Crippen molar-refractivity contribution >= 4 is 11.6 Å². The average Bonchev–Trinajstić information content (AvgIpc) is 2.75. The van der Waals surface area contributed by atoms with Gasteiger partial charge in [0.05, 0.1) is 16.7 Å². The molecular formula is C12H17N3O4. The van der Waals surface area contributed by atoms with Crippen molar-refractivity contribution in [2.24, 2.45) is 0 Å². The molecule has 7 nitrogen and oxygen atoms in total. The molecule has 1 aromatic heterocycles. The Morgan fingerprint density at radius 3 is 2.89 bits per heavy atom. The highest BCUT2D eigenvalue weighted by Gasteiger charge is 2.28. The van der Waals surface area contributed by atoms with Crippen molar-refractivity contribution in [3.63, 3.8) is 0 Å². The van der Waals surface area contributed by atoms with Crippen LogP contribution in [0.15, 0.2) is 12.3 Å². The molecule has 2 N–H and O–H groups in total. The molecular weight excluding hydrogens is 250 g/mol. The van der Waals surface area contributed by atoms with E-state index in [1.165, 1.54) is 12.3 Å². The number of rotatable bonds is 2. The zero-order valence-corrected chi connectivity index (χ0v) is 10.8. The summed E-state index contributed by atoms with van der Waals surface area (Å²) >= 11 is 0. The summed E-state index contributed by atoms with van der Waals surface area (Å²) in [5.74, 6) is -0.259. The minimum Gasteiger partial charge on any atom is -0.390 e. The Labute approximate surface area is 110 Å². The molecule has 19 heavy (non-hydrogen) atoms. The van der Waals surface area contributed by atoms with Crippen LogP contribution < -0.4 is 0 Å². The van der Waals surface area contributed by atoms with Crippen LogP contribution in [-0.4, -0.2) is 44.5 Å². The molecule has 0 bridgehead atoms. The second kappa shape index (κ2) is 5.00. The van der Waals surface area contributed by atoms with Gasteiger partial charge in [-0.2, -0.15) is 0 Å². The van der Waals surface area contributed by atoms with Gasteiger partial charge in [-0.3, -0.25) is 14.9 Å². The van der Waals surface area contributed by atoms with Gasteiger partial charge in [0.15, 0.2) is 0 Å². The summed E-state index contributed by atoms with van der Waals surface area (Å²) in [5.41, 5.74) is -0.644. The van der Waals surface area contributed by atoms with Crippen LogP contribution in [0, 0.1) is 10.1 Å². The summed E-state index contributed by atoms with van der Waals surface area (Å²) in [6.07, 6.45) is 3.10. The van der Waals surface area contributed by atoms with E-state index in [0.29, 0.717) is 25.9 Å². The first-order valence-electron chi connectivity index (χ1n) is 6.23. The fourth-order valence-electron chi connectivity index (χ4n) is 2.25. The highest BCUT2D eigenvalue weighted by Crippen LogP contribution is 2.23. The van der Waals surface area contributed by atoms with E-state index in [-0.39, 0.29) is 17.3 Å². The molecule has 1 unspecified atom stereocenters. The molecule has 0 aliphatic carbocycles. The maximum absolute atomic E-state index is 12.2. The number of nitro groups is 1. The lowest BCUT2D eigenvalue weighted by molar-refractivity contribution is -0.384. The Balaban J connectivity index is 2.08. The Morgan fingerprint density at radius 1 is 1.53 bits per heavy atom. The van der Waals surface area contributed by atoms with E-state index in [1.807, 2.05) is 0 Å². The van der Waals surface area contributed by atoms with Crippen LogP contribution in [0.2, 0.25) is 0 Å². The van der Waals surface area contributed by atoms with E-state index in [9.17, 15) is 20.0 Å². The number of carbonyl (C=O) groups excluding carboxylic acids is 1. The largest absolute Gasteiger partial charge is 0.390 e. The lowest BCUT2D eigenvalue weighted by atomic mass is 9.98. The minimum absolute atomic E-state index is 0.120. The third-order valence-electron chi connectivity index (χ3n) is 3.46. The van der Waals surface area contributed by atoms with Crippen molar-refractivity contribution in [2.75, 3.05) is 13.1 Å². The van der Waals surface area contributed by atoms with E-state index < -0.39 is 10.5 Å². The molecule has 1 fully saturated rings. The SMILES string of the molecule is CC1(O)CCCN(C(=O)c2cc([N+](=O)[O-])c[nH]2)CC1. The lowest BCUT2D eigenvalue weighted by Gasteiger charge is -2.22. The van der Waals surface area contributed by atoms with Crippen molar-refractivity contribution in [3.8, 4) is 0 Å². The molecule has 2 heterocycles. The van der Waals surface area contributed by atoms with Gasteiger partial charge >= 0.3 is 0 Å². The number of H-pyrrole nitrogens is 1. The number of carbonyl (C=O) groups is 1. The van der Waals surface area contributed by atoms with Crippen LogP contribution >= 0.6 is 0 Å². The topological polar surface area (TPSA) is 99.5 Å². The molecule has 1 aromatic rings. The molecule has 2 rings (SSSR count). The zero-order chi connectivity index (χ0) is 14.0. The molecule has 104 valence electrons. The number of hydrogen-bond donors (Lipinski definition) is 2. The van der Waals surface area contributed by atoms with Gasteiger partial charge in [0.2, 0.25) is 0 Å². The van der Waals surface area contributed by atoms with Gasteiger partial charge in [-0.05, 0) is 26.2 Å². The third kappa shape index (κ3) is 3.11. The third-order valence-corrected chi connectivity index (χ3v) is 3.46. The van der Waals surface area contributed by atoms with E-state index in [1.54, 1.807) is 11.8 Å². The average molecular weight is 267 g/mol. The maximum atomic E-state index is 12.2. The maximum Gasteiger partial charge on any atom is 0.287 e. The van der Waals surface area contributed by atoms with E-state index in [0.717, 1.165) is 6.42 Å². The first-order chi connectivity index (χ1) is 8.89. The second-order valence-electron chi connectivity index (χ2n) is 5.17. The minimum atomic E-state index is -0.739. The smallest absolute Gasteiger partial charge is 0.287 e. The van der Waals surface area contributed by atoms with E-state index in [2.05, 4.69) is 4.98 Å². The van der Waals surface area contributed by atoms with Gasteiger partial charge in [0.25, 0.3) is 11.6 Å². The van der Waals surface area contributed by atoms with Crippen molar-refractivity contribution < 1.29 is 14.8 Å². The van der Waals surface area contributed by atoms with Gasteiger partial charge in [-0.15, -0.1) is 0 Å². The van der Waals surface area contributed by atoms with Crippen molar-refractivity contribution in [2.45, 2.75) is 31.8 Å². The normalized spacial score (nSPS) is 24.0. The highest BCUT2D eigenvalue weighted by atomic mass is 16.6.